The summed E-state index contributed by atoms with van der Waals surface area (Å²) in [6, 6.07) is 6.12. The van der Waals surface area contributed by atoms with Gasteiger partial charge in [-0.1, -0.05) is 18.2 Å². The lowest BCUT2D eigenvalue weighted by molar-refractivity contribution is -0.274. The summed E-state index contributed by atoms with van der Waals surface area (Å²) in [5.41, 5.74) is -0.259. The maximum atomic E-state index is 13.8. The first kappa shape index (κ1) is 15.7. The smallest absolute Gasteiger partial charge is 0.481 e. The van der Waals surface area contributed by atoms with E-state index >= 15 is 0 Å². The predicted molar refractivity (Wildman–Crippen MR) is 67.7 cm³/mol. The molecule has 1 heterocycles. The van der Waals surface area contributed by atoms with E-state index in [1.54, 1.807) is 0 Å². The molecule has 1 aromatic carbocycles. The van der Waals surface area contributed by atoms with Gasteiger partial charge in [0.2, 0.25) is 0 Å². The van der Waals surface area contributed by atoms with Crippen LogP contribution in [0.4, 0.5) is 17.6 Å². The third kappa shape index (κ3) is 3.94. The van der Waals surface area contributed by atoms with Crippen LogP contribution in [0.15, 0.2) is 36.5 Å². The zero-order valence-corrected chi connectivity index (χ0v) is 10.9. The molecular weight excluding hydrogens is 306 g/mol. The van der Waals surface area contributed by atoms with Crippen LogP contribution in [0.25, 0.3) is 11.1 Å². The van der Waals surface area contributed by atoms with Crippen LogP contribution in [0.1, 0.15) is 5.69 Å². The number of benzene rings is 1. The molecule has 2 rings (SSSR count). The number of halogens is 4. The van der Waals surface area contributed by atoms with E-state index in [1.807, 2.05) is 0 Å². The van der Waals surface area contributed by atoms with Crippen molar-refractivity contribution in [3.8, 4) is 16.9 Å². The highest BCUT2D eigenvalue weighted by atomic mass is 19.4. The summed E-state index contributed by atoms with van der Waals surface area (Å²) in [5, 5.41) is 8.60. The maximum Gasteiger partial charge on any atom is 0.573 e. The lowest BCUT2D eigenvalue weighted by Crippen LogP contribution is -2.17. The number of para-hydroxylation sites is 1. The van der Waals surface area contributed by atoms with Gasteiger partial charge in [0.1, 0.15) is 11.6 Å². The van der Waals surface area contributed by atoms with Gasteiger partial charge in [0.15, 0.2) is 0 Å². The molecule has 0 aliphatic heterocycles. The third-order valence-corrected chi connectivity index (χ3v) is 2.66. The summed E-state index contributed by atoms with van der Waals surface area (Å²) in [4.78, 5) is 14.2. The highest BCUT2D eigenvalue weighted by Crippen LogP contribution is 2.33. The molecule has 0 aliphatic carbocycles. The molecule has 0 radical (unpaired) electrons. The van der Waals surface area contributed by atoms with Crippen molar-refractivity contribution in [2.24, 2.45) is 0 Å². The zero-order chi connectivity index (χ0) is 16.3. The van der Waals surface area contributed by atoms with Crippen LogP contribution in [0.5, 0.6) is 5.75 Å². The number of nitrogens with zero attached hydrogens (tertiary/aromatic N) is 1. The Morgan fingerprint density at radius 3 is 2.55 bits per heavy atom. The normalized spacial score (nSPS) is 11.3. The molecule has 0 fully saturated rings. The van der Waals surface area contributed by atoms with Gasteiger partial charge in [-0.2, -0.15) is 0 Å². The number of carboxylic acids is 1. The fourth-order valence-electron chi connectivity index (χ4n) is 1.81. The number of aromatic nitrogens is 1. The number of pyridine rings is 1. The number of hydrogen-bond donors (Lipinski definition) is 1. The molecule has 116 valence electrons. The number of hydrogen-bond acceptors (Lipinski definition) is 3. The van der Waals surface area contributed by atoms with Crippen molar-refractivity contribution in [1.29, 1.82) is 0 Å². The second kappa shape index (κ2) is 6.00. The molecule has 2 aromatic rings. The van der Waals surface area contributed by atoms with E-state index in [4.69, 9.17) is 5.11 Å². The summed E-state index contributed by atoms with van der Waals surface area (Å²) in [5.74, 6) is -2.68. The molecule has 0 saturated heterocycles. The lowest BCUT2D eigenvalue weighted by atomic mass is 10.1. The van der Waals surface area contributed by atoms with Crippen molar-refractivity contribution < 1.29 is 32.2 Å². The number of aliphatic carboxylic acids is 1. The zero-order valence-electron chi connectivity index (χ0n) is 10.9. The average Bonchev–Trinajstić information content (AvgIpc) is 2.39. The first-order chi connectivity index (χ1) is 10.3. The summed E-state index contributed by atoms with van der Waals surface area (Å²) in [6.07, 6.45) is -4.40. The Bertz CT molecular complexity index is 701. The minimum atomic E-state index is -4.88. The molecule has 1 N–H and O–H groups in total. The van der Waals surface area contributed by atoms with Crippen molar-refractivity contribution in [2.75, 3.05) is 0 Å². The van der Waals surface area contributed by atoms with Gasteiger partial charge in [-0.15, -0.1) is 13.2 Å². The van der Waals surface area contributed by atoms with Gasteiger partial charge in [0.25, 0.3) is 0 Å². The minimum absolute atomic E-state index is 0.00639. The standard InChI is InChI=1S/C14H9F4NO3/c15-10-5-8(7-19-11(10)6-13(20)21)9-3-1-2-4-12(9)22-14(16,17)18/h1-5,7H,6H2,(H,20,21). The van der Waals surface area contributed by atoms with E-state index in [9.17, 15) is 22.4 Å². The quantitative estimate of drug-likeness (QED) is 0.878. The van der Waals surface area contributed by atoms with Crippen molar-refractivity contribution in [1.82, 2.24) is 4.98 Å². The molecule has 22 heavy (non-hydrogen) atoms. The van der Waals surface area contributed by atoms with E-state index < -0.39 is 30.3 Å². The Morgan fingerprint density at radius 2 is 1.95 bits per heavy atom. The first-order valence-corrected chi connectivity index (χ1v) is 5.97. The van der Waals surface area contributed by atoms with Gasteiger partial charge < -0.3 is 9.84 Å². The van der Waals surface area contributed by atoms with Crippen molar-refractivity contribution in [2.45, 2.75) is 12.8 Å². The van der Waals surface area contributed by atoms with Crippen molar-refractivity contribution >= 4 is 5.97 Å². The van der Waals surface area contributed by atoms with Crippen molar-refractivity contribution in [3.63, 3.8) is 0 Å². The Labute approximate surface area is 122 Å². The molecule has 0 atom stereocenters. The molecule has 8 heteroatoms. The molecule has 0 amide bonds. The molecular formula is C14H9F4NO3. The van der Waals surface area contributed by atoms with E-state index in [-0.39, 0.29) is 16.8 Å². The van der Waals surface area contributed by atoms with E-state index in [1.165, 1.54) is 18.2 Å². The second-order valence-electron chi connectivity index (χ2n) is 4.27. The van der Waals surface area contributed by atoms with Gasteiger partial charge in [0, 0.05) is 17.3 Å². The highest BCUT2D eigenvalue weighted by Gasteiger charge is 2.32. The minimum Gasteiger partial charge on any atom is -0.481 e. The summed E-state index contributed by atoms with van der Waals surface area (Å²) < 4.78 is 54.7. The van der Waals surface area contributed by atoms with Crippen LogP contribution < -0.4 is 4.74 Å². The van der Waals surface area contributed by atoms with Crippen LogP contribution in [-0.2, 0) is 11.2 Å². The Balaban J connectivity index is 2.40. The molecule has 0 aliphatic rings. The average molecular weight is 315 g/mol. The van der Waals surface area contributed by atoms with E-state index in [0.717, 1.165) is 18.3 Å². The molecule has 0 saturated carbocycles. The SMILES string of the molecule is O=C(O)Cc1ncc(-c2ccccc2OC(F)(F)F)cc1F. The van der Waals surface area contributed by atoms with Crippen LogP contribution >= 0.6 is 0 Å². The number of alkyl halides is 3. The largest absolute Gasteiger partial charge is 0.573 e. The Hall–Kier alpha value is -2.64. The van der Waals surface area contributed by atoms with E-state index in [0.29, 0.717) is 0 Å². The Morgan fingerprint density at radius 1 is 1.27 bits per heavy atom. The highest BCUT2D eigenvalue weighted by molar-refractivity contribution is 5.72. The first-order valence-electron chi connectivity index (χ1n) is 5.97. The molecule has 0 spiro atoms. The van der Waals surface area contributed by atoms with Gasteiger partial charge in [0.05, 0.1) is 12.1 Å². The van der Waals surface area contributed by atoms with Crippen LogP contribution in [0.3, 0.4) is 0 Å². The number of ether oxygens (including phenoxy) is 1. The number of carboxylic acid groups (broad SMARTS) is 1. The number of carbonyl (C=O) groups is 1. The van der Waals surface area contributed by atoms with Crippen LogP contribution in [0.2, 0.25) is 0 Å². The predicted octanol–water partition coefficient (Wildman–Crippen LogP) is 3.41. The topological polar surface area (TPSA) is 59.4 Å². The van der Waals surface area contributed by atoms with Gasteiger partial charge in [-0.3, -0.25) is 9.78 Å². The lowest BCUT2D eigenvalue weighted by Gasteiger charge is -2.13. The van der Waals surface area contributed by atoms with E-state index in [2.05, 4.69) is 9.72 Å². The fraction of sp³-hybridized carbons (Fsp3) is 0.143. The summed E-state index contributed by atoms with van der Waals surface area (Å²) in [7, 11) is 0. The summed E-state index contributed by atoms with van der Waals surface area (Å²) >= 11 is 0. The van der Waals surface area contributed by atoms with Gasteiger partial charge >= 0.3 is 12.3 Å². The van der Waals surface area contributed by atoms with Crippen molar-refractivity contribution in [3.05, 3.63) is 48.0 Å². The molecule has 0 unspecified atom stereocenters. The molecule has 4 nitrogen and oxygen atoms in total. The van der Waals surface area contributed by atoms with Crippen LogP contribution in [-0.4, -0.2) is 22.4 Å². The third-order valence-electron chi connectivity index (χ3n) is 2.66. The molecule has 1 aromatic heterocycles. The van der Waals surface area contributed by atoms with Gasteiger partial charge in [-0.25, -0.2) is 4.39 Å². The Kier molecular flexibility index (Phi) is 4.30. The number of rotatable bonds is 4. The monoisotopic (exact) mass is 315 g/mol. The fourth-order valence-corrected chi connectivity index (χ4v) is 1.81. The van der Waals surface area contributed by atoms with Gasteiger partial charge in [-0.05, 0) is 12.1 Å². The van der Waals surface area contributed by atoms with Crippen LogP contribution in [0, 0.1) is 5.82 Å². The summed E-state index contributed by atoms with van der Waals surface area (Å²) in [6.45, 7) is 0. The second-order valence-corrected chi connectivity index (χ2v) is 4.27. The maximum absolute atomic E-state index is 13.8. The molecule has 0 bridgehead atoms.